The fourth-order valence-corrected chi connectivity index (χ4v) is 4.95. The van der Waals surface area contributed by atoms with E-state index in [-0.39, 0.29) is 0 Å². The molecule has 0 radical (unpaired) electrons. The molecule has 3 heterocycles. The van der Waals surface area contributed by atoms with Crippen molar-refractivity contribution < 1.29 is 0 Å². The summed E-state index contributed by atoms with van der Waals surface area (Å²) in [7, 11) is 0. The Balaban J connectivity index is 1.96. The minimum Gasteiger partial charge on any atom is -0.172 e. The molecule has 0 aliphatic carbocycles. The second-order valence-corrected chi connectivity index (χ2v) is 7.60. The number of benzene rings is 1. The number of fused-ring (bicyclic) bond motifs is 1. The average Bonchev–Trinajstić information content (AvgIpc) is 3.18. The normalized spacial score (nSPS) is 11.3. The summed E-state index contributed by atoms with van der Waals surface area (Å²) in [6.45, 7) is 0. The second-order valence-electron chi connectivity index (χ2n) is 4.38. The highest BCUT2D eigenvalue weighted by atomic mass is 35.5. The molecule has 0 spiro atoms. The van der Waals surface area contributed by atoms with Crippen LogP contribution in [0, 0.1) is 0 Å². The number of nitrogens with zero attached hydrogens (tertiary/aromatic N) is 2. The number of hydrogen-bond donors (Lipinski definition) is 0. The van der Waals surface area contributed by atoms with Crippen molar-refractivity contribution in [2.45, 2.75) is 0 Å². The molecule has 0 saturated heterocycles. The van der Waals surface area contributed by atoms with E-state index in [0.717, 1.165) is 42.0 Å². The van der Waals surface area contributed by atoms with Gasteiger partial charge in [-0.2, -0.15) is 8.75 Å². The SMILES string of the molecule is Clc1csc(-c2ccc(-c3cc(Cl)cs3)c3nsnc23)c1. The number of halogens is 2. The van der Waals surface area contributed by atoms with E-state index in [1.807, 2.05) is 22.9 Å². The van der Waals surface area contributed by atoms with Crippen LogP contribution in [0.25, 0.3) is 31.9 Å². The van der Waals surface area contributed by atoms with Crippen molar-refractivity contribution in [1.29, 1.82) is 0 Å². The first-order valence-corrected chi connectivity index (χ1v) is 9.21. The summed E-state index contributed by atoms with van der Waals surface area (Å²) < 4.78 is 8.93. The van der Waals surface area contributed by atoms with E-state index in [1.54, 1.807) is 22.7 Å². The van der Waals surface area contributed by atoms with Gasteiger partial charge >= 0.3 is 0 Å². The van der Waals surface area contributed by atoms with E-state index in [1.165, 1.54) is 11.7 Å². The summed E-state index contributed by atoms with van der Waals surface area (Å²) in [5, 5.41) is 5.35. The van der Waals surface area contributed by atoms with Crippen molar-refractivity contribution in [2.24, 2.45) is 0 Å². The standard InChI is InChI=1S/C14H6Cl2N2S3/c15-7-3-11(19-5-7)9-1-2-10(12-4-8(16)6-20-12)14-13(9)17-21-18-14/h1-6H. The Bertz CT molecular complexity index is 864. The van der Waals surface area contributed by atoms with Crippen LogP contribution in [0.3, 0.4) is 0 Å². The lowest BCUT2D eigenvalue weighted by Gasteiger charge is -2.03. The molecule has 0 unspecified atom stereocenters. The molecule has 21 heavy (non-hydrogen) atoms. The van der Waals surface area contributed by atoms with Crippen molar-refractivity contribution in [3.05, 3.63) is 45.1 Å². The lowest BCUT2D eigenvalue weighted by Crippen LogP contribution is -1.81. The van der Waals surface area contributed by atoms with Crippen LogP contribution in [0.1, 0.15) is 0 Å². The Labute approximate surface area is 142 Å². The summed E-state index contributed by atoms with van der Waals surface area (Å²) in [4.78, 5) is 2.21. The summed E-state index contributed by atoms with van der Waals surface area (Å²) >= 11 is 16.5. The van der Waals surface area contributed by atoms with Gasteiger partial charge in [0.05, 0.1) is 21.8 Å². The summed E-state index contributed by atoms with van der Waals surface area (Å²) in [6.07, 6.45) is 0. The van der Waals surface area contributed by atoms with Crippen LogP contribution in [0.5, 0.6) is 0 Å². The van der Waals surface area contributed by atoms with Gasteiger partial charge in [0.2, 0.25) is 0 Å². The van der Waals surface area contributed by atoms with Crippen LogP contribution < -0.4 is 0 Å². The molecule has 0 atom stereocenters. The molecule has 0 fully saturated rings. The van der Waals surface area contributed by atoms with E-state index >= 15 is 0 Å². The topological polar surface area (TPSA) is 25.8 Å². The van der Waals surface area contributed by atoms with Gasteiger partial charge < -0.3 is 0 Å². The predicted molar refractivity (Wildman–Crippen MR) is 94.1 cm³/mol. The summed E-state index contributed by atoms with van der Waals surface area (Å²) in [5.74, 6) is 0. The Hall–Kier alpha value is -0.980. The molecule has 2 nitrogen and oxygen atoms in total. The molecule has 0 saturated carbocycles. The van der Waals surface area contributed by atoms with Gasteiger partial charge in [0.25, 0.3) is 0 Å². The quantitative estimate of drug-likeness (QED) is 0.405. The third kappa shape index (κ3) is 2.39. The van der Waals surface area contributed by atoms with Gasteiger partial charge in [-0.05, 0) is 12.1 Å². The van der Waals surface area contributed by atoms with Crippen LogP contribution in [0.4, 0.5) is 0 Å². The molecule has 7 heteroatoms. The molecular weight excluding hydrogens is 363 g/mol. The van der Waals surface area contributed by atoms with E-state index in [2.05, 4.69) is 20.9 Å². The number of rotatable bonds is 2. The van der Waals surface area contributed by atoms with E-state index in [4.69, 9.17) is 23.2 Å². The molecule has 4 rings (SSSR count). The first-order chi connectivity index (χ1) is 10.2. The Morgan fingerprint density at radius 3 is 1.62 bits per heavy atom. The minimum atomic E-state index is 0.750. The Kier molecular flexibility index (Phi) is 3.47. The predicted octanol–water partition coefficient (Wildman–Crippen LogP) is 6.46. The molecule has 0 amide bonds. The minimum absolute atomic E-state index is 0.750. The highest BCUT2D eigenvalue weighted by Gasteiger charge is 2.15. The molecule has 0 aliphatic rings. The maximum Gasteiger partial charge on any atom is 0.114 e. The van der Waals surface area contributed by atoms with Crippen LogP contribution in [0.15, 0.2) is 35.0 Å². The Morgan fingerprint density at radius 2 is 1.24 bits per heavy atom. The van der Waals surface area contributed by atoms with E-state index in [0.29, 0.717) is 0 Å². The van der Waals surface area contributed by atoms with Crippen LogP contribution in [0.2, 0.25) is 10.0 Å². The number of hydrogen-bond acceptors (Lipinski definition) is 5. The average molecular weight is 369 g/mol. The van der Waals surface area contributed by atoms with Gasteiger partial charge in [-0.3, -0.25) is 0 Å². The fourth-order valence-electron chi connectivity index (χ4n) is 2.17. The first-order valence-electron chi connectivity index (χ1n) is 5.96. The van der Waals surface area contributed by atoms with Crippen molar-refractivity contribution in [3.8, 4) is 20.9 Å². The first kappa shape index (κ1) is 13.7. The van der Waals surface area contributed by atoms with Crippen LogP contribution in [-0.4, -0.2) is 8.75 Å². The van der Waals surface area contributed by atoms with E-state index in [9.17, 15) is 0 Å². The maximum atomic E-state index is 6.03. The highest BCUT2D eigenvalue weighted by molar-refractivity contribution is 7.14. The van der Waals surface area contributed by atoms with Gasteiger partial charge in [0, 0.05) is 31.6 Å². The molecule has 4 aromatic rings. The summed E-state index contributed by atoms with van der Waals surface area (Å²) in [6, 6.07) is 8.08. The molecular formula is C14H6Cl2N2S3. The van der Waals surface area contributed by atoms with Crippen molar-refractivity contribution >= 4 is 68.6 Å². The maximum absolute atomic E-state index is 6.03. The zero-order valence-electron chi connectivity index (χ0n) is 10.3. The molecule has 0 N–H and O–H groups in total. The van der Waals surface area contributed by atoms with E-state index < -0.39 is 0 Å². The lowest BCUT2D eigenvalue weighted by atomic mass is 10.1. The van der Waals surface area contributed by atoms with Crippen LogP contribution >= 0.6 is 57.6 Å². The molecule has 1 aromatic carbocycles. The van der Waals surface area contributed by atoms with Gasteiger partial charge in [-0.15, -0.1) is 22.7 Å². The molecule has 3 aromatic heterocycles. The van der Waals surface area contributed by atoms with Crippen molar-refractivity contribution in [2.75, 3.05) is 0 Å². The zero-order chi connectivity index (χ0) is 14.4. The number of aromatic nitrogens is 2. The third-order valence-electron chi connectivity index (χ3n) is 3.08. The second kappa shape index (κ2) is 5.34. The van der Waals surface area contributed by atoms with Gasteiger partial charge in [-0.1, -0.05) is 35.3 Å². The van der Waals surface area contributed by atoms with Gasteiger partial charge in [0.15, 0.2) is 0 Å². The van der Waals surface area contributed by atoms with Gasteiger partial charge in [-0.25, -0.2) is 0 Å². The highest BCUT2D eigenvalue weighted by Crippen LogP contribution is 2.39. The zero-order valence-corrected chi connectivity index (χ0v) is 14.3. The fraction of sp³-hybridized carbons (Fsp3) is 0. The monoisotopic (exact) mass is 368 g/mol. The molecule has 104 valence electrons. The van der Waals surface area contributed by atoms with Crippen molar-refractivity contribution in [3.63, 3.8) is 0 Å². The third-order valence-corrected chi connectivity index (χ3v) is 6.23. The lowest BCUT2D eigenvalue weighted by molar-refractivity contribution is 1.63. The smallest absolute Gasteiger partial charge is 0.114 e. The number of thiophene rings is 2. The molecule has 0 bridgehead atoms. The largest absolute Gasteiger partial charge is 0.172 e. The summed E-state index contributed by atoms with van der Waals surface area (Å²) in [5.41, 5.74) is 3.98. The van der Waals surface area contributed by atoms with Crippen molar-refractivity contribution in [1.82, 2.24) is 8.75 Å². The van der Waals surface area contributed by atoms with Gasteiger partial charge in [0.1, 0.15) is 11.0 Å². The van der Waals surface area contributed by atoms with Crippen LogP contribution in [-0.2, 0) is 0 Å². The molecule has 0 aliphatic heterocycles. The Morgan fingerprint density at radius 1 is 0.762 bits per heavy atom.